The van der Waals surface area contributed by atoms with Gasteiger partial charge >= 0.3 is 5.97 Å². The summed E-state index contributed by atoms with van der Waals surface area (Å²) in [5, 5.41) is 7.03. The number of thiophene rings is 1. The van der Waals surface area contributed by atoms with E-state index in [0.717, 1.165) is 4.88 Å². The molecule has 0 aliphatic rings. The Morgan fingerprint density at radius 3 is 2.58 bits per heavy atom. The van der Waals surface area contributed by atoms with Gasteiger partial charge in [0.25, 0.3) is 0 Å². The normalized spacial score (nSPS) is 11.3. The van der Waals surface area contributed by atoms with E-state index < -0.39 is 16.0 Å². The van der Waals surface area contributed by atoms with Crippen molar-refractivity contribution in [1.29, 1.82) is 0 Å². The highest BCUT2D eigenvalue weighted by Gasteiger charge is 2.19. The van der Waals surface area contributed by atoms with Crippen LogP contribution in [-0.4, -0.2) is 21.5 Å². The smallest absolute Gasteiger partial charge is 0.337 e. The lowest BCUT2D eigenvalue weighted by Gasteiger charge is -2.08. The molecule has 0 spiro atoms. The van der Waals surface area contributed by atoms with Crippen LogP contribution in [0.15, 0.2) is 40.6 Å². The van der Waals surface area contributed by atoms with E-state index in [0.29, 0.717) is 5.56 Å². The molecule has 19 heavy (non-hydrogen) atoms. The Kier molecular flexibility index (Phi) is 3.70. The van der Waals surface area contributed by atoms with Crippen LogP contribution in [0.3, 0.4) is 0 Å². The molecule has 1 heterocycles. The Hall–Kier alpha value is -1.70. The van der Waals surface area contributed by atoms with Crippen molar-refractivity contribution in [3.8, 4) is 10.4 Å². The van der Waals surface area contributed by atoms with E-state index >= 15 is 0 Å². The van der Waals surface area contributed by atoms with Crippen molar-refractivity contribution in [2.45, 2.75) is 4.90 Å². The van der Waals surface area contributed by atoms with Gasteiger partial charge in [-0.1, -0.05) is 12.1 Å². The molecule has 0 saturated heterocycles. The zero-order chi connectivity index (χ0) is 14.0. The van der Waals surface area contributed by atoms with Crippen LogP contribution in [0.1, 0.15) is 10.4 Å². The van der Waals surface area contributed by atoms with Crippen LogP contribution < -0.4 is 5.14 Å². The molecule has 5 nitrogen and oxygen atoms in total. The zero-order valence-electron chi connectivity index (χ0n) is 9.99. The molecule has 0 saturated carbocycles. The molecule has 1 aromatic heterocycles. The summed E-state index contributed by atoms with van der Waals surface area (Å²) in [4.78, 5) is 12.1. The maximum absolute atomic E-state index is 11.6. The van der Waals surface area contributed by atoms with Crippen LogP contribution in [0.4, 0.5) is 0 Å². The van der Waals surface area contributed by atoms with E-state index in [9.17, 15) is 13.2 Å². The average Bonchev–Trinajstić information content (AvgIpc) is 2.90. The Bertz CT molecular complexity index is 705. The van der Waals surface area contributed by atoms with E-state index in [2.05, 4.69) is 4.74 Å². The third kappa shape index (κ3) is 2.83. The number of nitrogens with two attached hydrogens (primary N) is 1. The van der Waals surface area contributed by atoms with Gasteiger partial charge in [-0.3, -0.25) is 0 Å². The van der Waals surface area contributed by atoms with Crippen molar-refractivity contribution in [2.24, 2.45) is 5.14 Å². The van der Waals surface area contributed by atoms with E-state index in [1.807, 2.05) is 5.38 Å². The van der Waals surface area contributed by atoms with Gasteiger partial charge in [-0.25, -0.2) is 18.4 Å². The number of carbonyl (C=O) groups is 1. The minimum atomic E-state index is -3.92. The van der Waals surface area contributed by atoms with Crippen molar-refractivity contribution < 1.29 is 17.9 Å². The summed E-state index contributed by atoms with van der Waals surface area (Å²) < 4.78 is 27.8. The van der Waals surface area contributed by atoms with Crippen LogP contribution in [0, 0.1) is 0 Å². The molecule has 0 aliphatic heterocycles. The fourth-order valence-electron chi connectivity index (χ4n) is 1.64. The molecule has 0 unspecified atom stereocenters. The van der Waals surface area contributed by atoms with Crippen LogP contribution in [0.5, 0.6) is 0 Å². The molecule has 0 atom stereocenters. The maximum Gasteiger partial charge on any atom is 0.337 e. The van der Waals surface area contributed by atoms with Gasteiger partial charge in [-0.05, 0) is 23.6 Å². The summed E-state index contributed by atoms with van der Waals surface area (Å²) in [6, 6.07) is 7.89. The monoisotopic (exact) mass is 297 g/mol. The molecular weight excluding hydrogens is 286 g/mol. The molecule has 0 aliphatic carbocycles. The van der Waals surface area contributed by atoms with Gasteiger partial charge in [0.2, 0.25) is 10.0 Å². The topological polar surface area (TPSA) is 86.5 Å². The average molecular weight is 297 g/mol. The summed E-state index contributed by atoms with van der Waals surface area (Å²) in [5.74, 6) is -0.609. The molecule has 1 aromatic carbocycles. The lowest BCUT2D eigenvalue weighted by atomic mass is 10.1. The number of hydrogen-bond donors (Lipinski definition) is 1. The Morgan fingerprint density at radius 2 is 2.05 bits per heavy atom. The second-order valence-corrected chi connectivity index (χ2v) is 6.20. The van der Waals surface area contributed by atoms with Gasteiger partial charge in [-0.2, -0.15) is 0 Å². The van der Waals surface area contributed by atoms with Crippen LogP contribution >= 0.6 is 11.3 Å². The molecule has 2 rings (SSSR count). The first-order valence-corrected chi connectivity index (χ1v) is 7.65. The van der Waals surface area contributed by atoms with E-state index in [1.54, 1.807) is 18.2 Å². The predicted octanol–water partition coefficient (Wildman–Crippen LogP) is 1.85. The van der Waals surface area contributed by atoms with E-state index in [1.165, 1.54) is 30.6 Å². The third-order valence-electron chi connectivity index (χ3n) is 2.50. The van der Waals surface area contributed by atoms with Gasteiger partial charge < -0.3 is 4.74 Å². The molecular formula is C12H11NO4S2. The van der Waals surface area contributed by atoms with Gasteiger partial charge in [-0.15, -0.1) is 11.3 Å². The number of carbonyl (C=O) groups excluding carboxylic acids is 1. The lowest BCUT2D eigenvalue weighted by Crippen LogP contribution is -2.14. The molecule has 7 heteroatoms. The number of benzene rings is 1. The van der Waals surface area contributed by atoms with Crippen LogP contribution in [0.25, 0.3) is 10.4 Å². The number of methoxy groups -OCH3 is 1. The summed E-state index contributed by atoms with van der Waals surface area (Å²) in [5.41, 5.74) is 0.622. The summed E-state index contributed by atoms with van der Waals surface area (Å²) in [6.45, 7) is 0. The number of esters is 1. The summed E-state index contributed by atoms with van der Waals surface area (Å²) >= 11 is 1.39. The first-order valence-electron chi connectivity index (χ1n) is 5.22. The van der Waals surface area contributed by atoms with Crippen molar-refractivity contribution >= 4 is 27.3 Å². The van der Waals surface area contributed by atoms with E-state index in [-0.39, 0.29) is 10.5 Å². The molecule has 0 bridgehead atoms. The first kappa shape index (κ1) is 13.7. The molecule has 0 fully saturated rings. The van der Waals surface area contributed by atoms with Gasteiger partial charge in [0.05, 0.1) is 17.6 Å². The standard InChI is InChI=1S/C12H11NO4S2/c1-17-12(14)8-4-5-9(10-3-2-6-18-10)11(7-8)19(13,15)16/h2-7H,1H3,(H2,13,15,16). The molecule has 0 amide bonds. The first-order chi connectivity index (χ1) is 8.93. The molecule has 0 radical (unpaired) electrons. The van der Waals surface area contributed by atoms with Gasteiger partial charge in [0.15, 0.2) is 0 Å². The quantitative estimate of drug-likeness (QED) is 0.876. The fraction of sp³-hybridized carbons (Fsp3) is 0.0833. The van der Waals surface area contributed by atoms with Gasteiger partial charge in [0.1, 0.15) is 0 Å². The minimum absolute atomic E-state index is 0.0853. The third-order valence-corrected chi connectivity index (χ3v) is 4.35. The number of ether oxygens (including phenoxy) is 1. The van der Waals surface area contributed by atoms with Gasteiger partial charge in [0, 0.05) is 10.4 Å². The maximum atomic E-state index is 11.6. The van der Waals surface area contributed by atoms with E-state index in [4.69, 9.17) is 5.14 Å². The van der Waals surface area contributed by atoms with Crippen molar-refractivity contribution in [1.82, 2.24) is 0 Å². The number of sulfonamides is 1. The molecule has 2 aromatic rings. The summed E-state index contributed by atoms with van der Waals surface area (Å²) in [6.07, 6.45) is 0. The lowest BCUT2D eigenvalue weighted by molar-refractivity contribution is 0.0600. The SMILES string of the molecule is COC(=O)c1ccc(-c2cccs2)c(S(N)(=O)=O)c1. The Balaban J connectivity index is 2.66. The largest absolute Gasteiger partial charge is 0.465 e. The number of hydrogen-bond acceptors (Lipinski definition) is 5. The highest BCUT2D eigenvalue weighted by Crippen LogP contribution is 2.31. The second-order valence-electron chi connectivity index (χ2n) is 3.72. The number of primary sulfonamides is 1. The van der Waals surface area contributed by atoms with Crippen molar-refractivity contribution in [3.63, 3.8) is 0 Å². The Labute approximate surface area is 114 Å². The zero-order valence-corrected chi connectivity index (χ0v) is 11.6. The fourth-order valence-corrected chi connectivity index (χ4v) is 3.24. The summed E-state index contributed by atoms with van der Waals surface area (Å²) in [7, 11) is -2.70. The predicted molar refractivity (Wildman–Crippen MR) is 72.5 cm³/mol. The van der Waals surface area contributed by atoms with Crippen LogP contribution in [-0.2, 0) is 14.8 Å². The Morgan fingerprint density at radius 1 is 1.32 bits per heavy atom. The minimum Gasteiger partial charge on any atom is -0.465 e. The molecule has 100 valence electrons. The van der Waals surface area contributed by atoms with Crippen molar-refractivity contribution in [2.75, 3.05) is 7.11 Å². The second kappa shape index (κ2) is 5.12. The highest BCUT2D eigenvalue weighted by atomic mass is 32.2. The molecule has 2 N–H and O–H groups in total. The van der Waals surface area contributed by atoms with Crippen LogP contribution in [0.2, 0.25) is 0 Å². The van der Waals surface area contributed by atoms with Crippen molar-refractivity contribution in [3.05, 3.63) is 41.3 Å². The highest BCUT2D eigenvalue weighted by molar-refractivity contribution is 7.89. The number of rotatable bonds is 3.